The Balaban J connectivity index is 1.54. The lowest BCUT2D eigenvalue weighted by Crippen LogP contribution is -2.37. The van der Waals surface area contributed by atoms with Crippen LogP contribution >= 0.6 is 0 Å². The highest BCUT2D eigenvalue weighted by atomic mass is 16.5. The molecule has 2 fully saturated rings. The first-order valence-corrected chi connectivity index (χ1v) is 11.8. The van der Waals surface area contributed by atoms with Crippen LogP contribution in [0.5, 0.6) is 0 Å². The predicted octanol–water partition coefficient (Wildman–Crippen LogP) is 2.33. The highest BCUT2D eigenvalue weighted by Gasteiger charge is 2.25. The molecule has 5 rings (SSSR count). The molecule has 1 unspecified atom stereocenters. The smallest absolute Gasteiger partial charge is 0.254 e. The maximum atomic E-state index is 5.57. The Morgan fingerprint density at radius 3 is 2.76 bits per heavy atom. The van der Waals surface area contributed by atoms with Crippen molar-refractivity contribution in [3.8, 4) is 5.95 Å². The Kier molecular flexibility index (Phi) is 6.77. The Labute approximate surface area is 199 Å². The van der Waals surface area contributed by atoms with Gasteiger partial charge in [0.05, 0.1) is 18.9 Å². The summed E-state index contributed by atoms with van der Waals surface area (Å²) in [4.78, 5) is 22.6. The summed E-state index contributed by atoms with van der Waals surface area (Å²) in [5.41, 5.74) is 2.87. The molecule has 2 aliphatic rings. The topological polar surface area (TPSA) is 96.6 Å². The van der Waals surface area contributed by atoms with E-state index in [-0.39, 0.29) is 0 Å². The third-order valence-electron chi connectivity index (χ3n) is 6.36. The van der Waals surface area contributed by atoms with Gasteiger partial charge in [0.1, 0.15) is 5.69 Å². The van der Waals surface area contributed by atoms with Crippen molar-refractivity contribution in [2.24, 2.45) is 4.99 Å². The molecule has 0 spiro atoms. The van der Waals surface area contributed by atoms with Crippen LogP contribution in [0.1, 0.15) is 30.0 Å². The minimum absolute atomic E-state index is 0.414. The van der Waals surface area contributed by atoms with Crippen LogP contribution in [0.3, 0.4) is 0 Å². The van der Waals surface area contributed by atoms with Crippen LogP contribution in [0.25, 0.3) is 5.95 Å². The number of hydrogen-bond acceptors (Lipinski definition) is 9. The predicted molar refractivity (Wildman–Crippen MR) is 133 cm³/mol. The SMILES string of the molecule is C=Nc1c(N(C)Cc2ccncc2)nc(-n2ccc(C3CCCNC3)n2)nc1N1CCOCC1. The van der Waals surface area contributed by atoms with Crippen LogP contribution < -0.4 is 15.1 Å². The third kappa shape index (κ3) is 4.78. The second-order valence-corrected chi connectivity index (χ2v) is 8.72. The summed E-state index contributed by atoms with van der Waals surface area (Å²) in [5.74, 6) is 2.42. The summed E-state index contributed by atoms with van der Waals surface area (Å²) >= 11 is 0. The van der Waals surface area contributed by atoms with Crippen molar-refractivity contribution in [1.29, 1.82) is 0 Å². The van der Waals surface area contributed by atoms with Gasteiger partial charge in [-0.15, -0.1) is 0 Å². The van der Waals surface area contributed by atoms with E-state index in [9.17, 15) is 0 Å². The summed E-state index contributed by atoms with van der Waals surface area (Å²) < 4.78 is 7.35. The Morgan fingerprint density at radius 2 is 2.03 bits per heavy atom. The van der Waals surface area contributed by atoms with Crippen molar-refractivity contribution >= 4 is 24.0 Å². The normalized spacial score (nSPS) is 18.6. The zero-order chi connectivity index (χ0) is 23.3. The monoisotopic (exact) mass is 461 g/mol. The van der Waals surface area contributed by atoms with Crippen molar-refractivity contribution in [1.82, 2.24) is 30.0 Å². The van der Waals surface area contributed by atoms with E-state index in [4.69, 9.17) is 19.8 Å². The van der Waals surface area contributed by atoms with Gasteiger partial charge in [-0.2, -0.15) is 15.1 Å². The van der Waals surface area contributed by atoms with E-state index in [1.165, 1.54) is 6.42 Å². The number of anilines is 2. The minimum atomic E-state index is 0.414. The molecule has 3 aromatic heterocycles. The lowest BCUT2D eigenvalue weighted by atomic mass is 9.97. The Hall–Kier alpha value is -3.37. The van der Waals surface area contributed by atoms with Gasteiger partial charge in [0.2, 0.25) is 0 Å². The van der Waals surface area contributed by atoms with E-state index in [1.807, 2.05) is 25.4 Å². The minimum Gasteiger partial charge on any atom is -0.378 e. The zero-order valence-corrected chi connectivity index (χ0v) is 19.6. The van der Waals surface area contributed by atoms with E-state index in [0.29, 0.717) is 37.3 Å². The van der Waals surface area contributed by atoms with Crippen LogP contribution in [-0.4, -0.2) is 77.9 Å². The highest BCUT2D eigenvalue weighted by molar-refractivity contribution is 5.78. The first-order valence-electron chi connectivity index (χ1n) is 11.8. The number of nitrogens with zero attached hydrogens (tertiary/aromatic N) is 8. The number of rotatable bonds is 7. The maximum absolute atomic E-state index is 5.57. The Bertz CT molecular complexity index is 1100. The average molecular weight is 462 g/mol. The van der Waals surface area contributed by atoms with Crippen molar-refractivity contribution in [3.63, 3.8) is 0 Å². The van der Waals surface area contributed by atoms with Crippen LogP contribution in [-0.2, 0) is 11.3 Å². The van der Waals surface area contributed by atoms with Crippen molar-refractivity contribution < 1.29 is 4.74 Å². The molecule has 0 saturated carbocycles. The number of hydrogen-bond donors (Lipinski definition) is 1. The highest BCUT2D eigenvalue weighted by Crippen LogP contribution is 2.36. The van der Waals surface area contributed by atoms with E-state index in [2.05, 4.69) is 37.9 Å². The molecule has 2 aliphatic heterocycles. The second-order valence-electron chi connectivity index (χ2n) is 8.72. The van der Waals surface area contributed by atoms with Gasteiger partial charge in [0, 0.05) is 57.7 Å². The largest absolute Gasteiger partial charge is 0.378 e. The summed E-state index contributed by atoms with van der Waals surface area (Å²) in [6, 6.07) is 6.08. The number of ether oxygens (including phenoxy) is 1. The molecule has 2 saturated heterocycles. The molecule has 34 heavy (non-hydrogen) atoms. The number of piperidine rings is 1. The van der Waals surface area contributed by atoms with Crippen LogP contribution in [0.15, 0.2) is 41.8 Å². The van der Waals surface area contributed by atoms with Crippen molar-refractivity contribution in [3.05, 3.63) is 48.0 Å². The molecular weight excluding hydrogens is 430 g/mol. The first-order chi connectivity index (χ1) is 16.7. The molecule has 10 nitrogen and oxygen atoms in total. The Morgan fingerprint density at radius 1 is 1.21 bits per heavy atom. The van der Waals surface area contributed by atoms with Crippen molar-refractivity contribution in [2.45, 2.75) is 25.3 Å². The van der Waals surface area contributed by atoms with Gasteiger partial charge in [0.15, 0.2) is 11.6 Å². The molecule has 5 heterocycles. The fourth-order valence-corrected chi connectivity index (χ4v) is 4.53. The second kappa shape index (κ2) is 10.3. The van der Waals surface area contributed by atoms with Crippen molar-refractivity contribution in [2.75, 3.05) is 56.2 Å². The first kappa shape index (κ1) is 22.4. The van der Waals surface area contributed by atoms with E-state index >= 15 is 0 Å². The standard InChI is InChI=1S/C24H31N9O/c1-25-21-22(31(2)17-18-5-9-26-10-6-18)28-24(29-23(21)32-12-14-34-15-13-32)33-11-7-20(30-33)19-4-3-8-27-16-19/h5-7,9-11,19,27H,1,3-4,8,12-17H2,2H3. The van der Waals surface area contributed by atoms with Crippen LogP contribution in [0.4, 0.5) is 17.3 Å². The van der Waals surface area contributed by atoms with Gasteiger partial charge in [-0.3, -0.25) is 9.98 Å². The lowest BCUT2D eigenvalue weighted by molar-refractivity contribution is 0.122. The number of nitrogens with one attached hydrogen (secondary N) is 1. The average Bonchev–Trinajstić information content (AvgIpc) is 3.40. The molecule has 0 radical (unpaired) electrons. The molecule has 3 aromatic rings. The zero-order valence-electron chi connectivity index (χ0n) is 19.6. The fraction of sp³-hybridized carbons (Fsp3) is 0.458. The molecule has 178 valence electrons. The molecule has 1 N–H and O–H groups in total. The summed E-state index contributed by atoms with van der Waals surface area (Å²) in [5, 5.41) is 8.33. The molecular formula is C24H31N9O. The lowest BCUT2D eigenvalue weighted by Gasteiger charge is -2.30. The van der Waals surface area contributed by atoms with Crippen LogP contribution in [0.2, 0.25) is 0 Å². The van der Waals surface area contributed by atoms with Gasteiger partial charge in [-0.05, 0) is 49.9 Å². The van der Waals surface area contributed by atoms with E-state index in [1.54, 1.807) is 17.1 Å². The maximum Gasteiger partial charge on any atom is 0.254 e. The van der Waals surface area contributed by atoms with E-state index < -0.39 is 0 Å². The van der Waals surface area contributed by atoms with Crippen LogP contribution in [0, 0.1) is 0 Å². The van der Waals surface area contributed by atoms with E-state index in [0.717, 1.165) is 55.5 Å². The van der Waals surface area contributed by atoms with Gasteiger partial charge in [-0.25, -0.2) is 4.68 Å². The number of morpholine rings is 1. The number of aromatic nitrogens is 5. The summed E-state index contributed by atoms with van der Waals surface area (Å²) in [6.07, 6.45) is 7.86. The molecule has 0 aromatic carbocycles. The molecule has 10 heteroatoms. The number of pyridine rings is 1. The van der Waals surface area contributed by atoms with Gasteiger partial charge in [-0.1, -0.05) is 0 Å². The quantitative estimate of drug-likeness (QED) is 0.536. The number of aliphatic imine (C=N–C) groups is 1. The third-order valence-corrected chi connectivity index (χ3v) is 6.36. The molecule has 1 atom stereocenters. The summed E-state index contributed by atoms with van der Waals surface area (Å²) in [6.45, 7) is 9.32. The molecule has 0 amide bonds. The summed E-state index contributed by atoms with van der Waals surface area (Å²) in [7, 11) is 2.01. The fourth-order valence-electron chi connectivity index (χ4n) is 4.53. The van der Waals surface area contributed by atoms with Gasteiger partial charge < -0.3 is 19.9 Å². The van der Waals surface area contributed by atoms with Gasteiger partial charge in [0.25, 0.3) is 5.95 Å². The molecule has 0 aliphatic carbocycles. The van der Waals surface area contributed by atoms with Gasteiger partial charge >= 0.3 is 0 Å². The molecule has 0 bridgehead atoms.